The second-order valence-electron chi connectivity index (χ2n) is 6.28. The third kappa shape index (κ3) is 3.72. The van der Waals surface area contributed by atoms with E-state index in [0.29, 0.717) is 18.3 Å². The Bertz CT molecular complexity index is 554. The fourth-order valence-corrected chi connectivity index (χ4v) is 3.34. The standard InChI is InChI=1S/C16H24N4O3/c1-19-8-3-4-12(10-19)16(21)20-9-5-13(11-20)23-15-14(22-2)17-6-7-18-15/h6-7,12-13H,3-5,8-11H2,1-2H3/t12-,13-/m1/s1. The van der Waals surface area contributed by atoms with Gasteiger partial charge in [-0.25, -0.2) is 9.97 Å². The zero-order valence-electron chi connectivity index (χ0n) is 13.8. The van der Waals surface area contributed by atoms with Gasteiger partial charge in [0.2, 0.25) is 5.91 Å². The van der Waals surface area contributed by atoms with E-state index in [9.17, 15) is 4.79 Å². The molecule has 7 nitrogen and oxygen atoms in total. The monoisotopic (exact) mass is 320 g/mol. The third-order valence-corrected chi connectivity index (χ3v) is 4.54. The summed E-state index contributed by atoms with van der Waals surface area (Å²) in [4.78, 5) is 25.1. The topological polar surface area (TPSA) is 67.8 Å². The molecule has 0 bridgehead atoms. The van der Waals surface area contributed by atoms with Crippen molar-refractivity contribution in [3.8, 4) is 11.8 Å². The Kier molecular flexibility index (Phi) is 4.95. The van der Waals surface area contributed by atoms with Gasteiger partial charge in [-0.05, 0) is 26.4 Å². The first-order valence-corrected chi connectivity index (χ1v) is 8.16. The highest BCUT2D eigenvalue weighted by Crippen LogP contribution is 2.25. The molecule has 1 aromatic rings. The number of methoxy groups -OCH3 is 1. The maximum Gasteiger partial charge on any atom is 0.278 e. The first-order chi connectivity index (χ1) is 11.2. The van der Waals surface area contributed by atoms with Crippen molar-refractivity contribution in [2.24, 2.45) is 5.92 Å². The number of hydrogen-bond acceptors (Lipinski definition) is 6. The highest BCUT2D eigenvalue weighted by molar-refractivity contribution is 5.79. The molecule has 2 atom stereocenters. The second-order valence-corrected chi connectivity index (χ2v) is 6.28. The quantitative estimate of drug-likeness (QED) is 0.818. The molecule has 2 saturated heterocycles. The average Bonchev–Trinajstić information content (AvgIpc) is 3.03. The summed E-state index contributed by atoms with van der Waals surface area (Å²) in [6, 6.07) is 0. The van der Waals surface area contributed by atoms with Crippen LogP contribution in [0.1, 0.15) is 19.3 Å². The summed E-state index contributed by atoms with van der Waals surface area (Å²) in [6.45, 7) is 3.30. The van der Waals surface area contributed by atoms with E-state index < -0.39 is 0 Å². The van der Waals surface area contributed by atoms with Crippen LogP contribution in [0.5, 0.6) is 11.8 Å². The van der Waals surface area contributed by atoms with Crippen LogP contribution >= 0.6 is 0 Å². The third-order valence-electron chi connectivity index (χ3n) is 4.54. The minimum atomic E-state index is -0.0501. The molecule has 3 heterocycles. The van der Waals surface area contributed by atoms with Gasteiger partial charge in [-0.3, -0.25) is 4.79 Å². The molecule has 0 radical (unpaired) electrons. The maximum atomic E-state index is 12.7. The van der Waals surface area contributed by atoms with Gasteiger partial charge in [-0.1, -0.05) is 0 Å². The number of nitrogens with zero attached hydrogens (tertiary/aromatic N) is 4. The van der Waals surface area contributed by atoms with E-state index in [0.717, 1.165) is 38.9 Å². The molecule has 0 aliphatic carbocycles. The van der Waals surface area contributed by atoms with E-state index in [2.05, 4.69) is 21.9 Å². The predicted octanol–water partition coefficient (Wildman–Crippen LogP) is 0.807. The molecule has 2 aliphatic rings. The molecule has 0 spiro atoms. The van der Waals surface area contributed by atoms with E-state index in [4.69, 9.17) is 9.47 Å². The lowest BCUT2D eigenvalue weighted by Crippen LogP contribution is -2.43. The molecule has 1 aromatic heterocycles. The number of ether oxygens (including phenoxy) is 2. The van der Waals surface area contributed by atoms with Gasteiger partial charge in [0.15, 0.2) is 0 Å². The van der Waals surface area contributed by atoms with Gasteiger partial charge < -0.3 is 19.3 Å². The lowest BCUT2D eigenvalue weighted by molar-refractivity contribution is -0.136. The molecule has 2 fully saturated rings. The summed E-state index contributed by atoms with van der Waals surface area (Å²) in [6.07, 6.45) is 5.99. The number of carbonyl (C=O) groups is 1. The molecule has 0 saturated carbocycles. The van der Waals surface area contributed by atoms with Crippen molar-refractivity contribution in [2.45, 2.75) is 25.4 Å². The molecule has 7 heteroatoms. The minimum Gasteiger partial charge on any atom is -0.477 e. The SMILES string of the molecule is COc1nccnc1O[C@@H]1CCN(C(=O)[C@@H]2CCCN(C)C2)C1. The van der Waals surface area contributed by atoms with Crippen LogP contribution in [0, 0.1) is 5.92 Å². The van der Waals surface area contributed by atoms with Crippen molar-refractivity contribution in [3.05, 3.63) is 12.4 Å². The van der Waals surface area contributed by atoms with Crippen LogP contribution in [0.3, 0.4) is 0 Å². The molecule has 3 rings (SSSR count). The van der Waals surface area contributed by atoms with Crippen molar-refractivity contribution in [1.82, 2.24) is 19.8 Å². The average molecular weight is 320 g/mol. The Morgan fingerprint density at radius 1 is 1.17 bits per heavy atom. The zero-order chi connectivity index (χ0) is 16.2. The van der Waals surface area contributed by atoms with Gasteiger partial charge in [0.1, 0.15) is 6.10 Å². The van der Waals surface area contributed by atoms with Crippen molar-refractivity contribution < 1.29 is 14.3 Å². The first kappa shape index (κ1) is 16.0. The van der Waals surface area contributed by atoms with E-state index in [1.807, 2.05) is 4.90 Å². The summed E-state index contributed by atoms with van der Waals surface area (Å²) >= 11 is 0. The number of amides is 1. The van der Waals surface area contributed by atoms with Gasteiger partial charge >= 0.3 is 0 Å². The molecule has 126 valence electrons. The van der Waals surface area contributed by atoms with Crippen LogP contribution in [0.15, 0.2) is 12.4 Å². The molecule has 1 amide bonds. The summed E-state index contributed by atoms with van der Waals surface area (Å²) in [5, 5.41) is 0. The van der Waals surface area contributed by atoms with Gasteiger partial charge in [0, 0.05) is 31.9 Å². The lowest BCUT2D eigenvalue weighted by Gasteiger charge is -2.31. The molecule has 0 N–H and O–H groups in total. The number of hydrogen-bond donors (Lipinski definition) is 0. The van der Waals surface area contributed by atoms with Crippen LogP contribution in [0.2, 0.25) is 0 Å². The summed E-state index contributed by atoms with van der Waals surface area (Å²) in [7, 11) is 3.62. The normalized spacial score (nSPS) is 25.4. The Morgan fingerprint density at radius 3 is 2.70 bits per heavy atom. The van der Waals surface area contributed by atoms with Gasteiger partial charge in [0.25, 0.3) is 11.8 Å². The first-order valence-electron chi connectivity index (χ1n) is 8.16. The Hall–Kier alpha value is -1.89. The molecular weight excluding hydrogens is 296 g/mol. The summed E-state index contributed by atoms with van der Waals surface area (Å²) in [5.74, 6) is 1.16. The predicted molar refractivity (Wildman–Crippen MR) is 84.4 cm³/mol. The van der Waals surface area contributed by atoms with Crippen LogP contribution < -0.4 is 9.47 Å². The molecule has 23 heavy (non-hydrogen) atoms. The van der Waals surface area contributed by atoms with E-state index in [1.165, 1.54) is 0 Å². The van der Waals surface area contributed by atoms with Crippen molar-refractivity contribution in [1.29, 1.82) is 0 Å². The largest absolute Gasteiger partial charge is 0.477 e. The highest BCUT2D eigenvalue weighted by Gasteiger charge is 2.33. The molecular formula is C16H24N4O3. The van der Waals surface area contributed by atoms with Crippen LogP contribution in [0.4, 0.5) is 0 Å². The van der Waals surface area contributed by atoms with Crippen LogP contribution in [0.25, 0.3) is 0 Å². The molecule has 2 aliphatic heterocycles. The number of rotatable bonds is 4. The van der Waals surface area contributed by atoms with Gasteiger partial charge in [-0.15, -0.1) is 0 Å². The highest BCUT2D eigenvalue weighted by atomic mass is 16.5. The Balaban J connectivity index is 1.57. The van der Waals surface area contributed by atoms with Crippen molar-refractivity contribution in [3.63, 3.8) is 0 Å². The fraction of sp³-hybridized carbons (Fsp3) is 0.688. The van der Waals surface area contributed by atoms with Gasteiger partial charge in [-0.2, -0.15) is 0 Å². The minimum absolute atomic E-state index is 0.0501. The van der Waals surface area contributed by atoms with Gasteiger partial charge in [0.05, 0.1) is 19.6 Å². The second kappa shape index (κ2) is 7.12. The molecule has 0 aromatic carbocycles. The number of piperidine rings is 1. The number of aromatic nitrogens is 2. The summed E-state index contributed by atoms with van der Waals surface area (Å²) in [5.41, 5.74) is 0. The van der Waals surface area contributed by atoms with E-state index in [1.54, 1.807) is 19.5 Å². The van der Waals surface area contributed by atoms with Crippen LogP contribution in [-0.2, 0) is 4.79 Å². The smallest absolute Gasteiger partial charge is 0.278 e. The fourth-order valence-electron chi connectivity index (χ4n) is 3.34. The number of likely N-dealkylation sites (tertiary alicyclic amines) is 2. The van der Waals surface area contributed by atoms with Crippen LogP contribution in [-0.4, -0.2) is 72.1 Å². The maximum absolute atomic E-state index is 12.7. The van der Waals surface area contributed by atoms with E-state index >= 15 is 0 Å². The van der Waals surface area contributed by atoms with Crippen molar-refractivity contribution >= 4 is 5.91 Å². The van der Waals surface area contributed by atoms with Crippen molar-refractivity contribution in [2.75, 3.05) is 40.3 Å². The Morgan fingerprint density at radius 2 is 1.96 bits per heavy atom. The molecule has 0 unspecified atom stereocenters. The number of carbonyl (C=O) groups excluding carboxylic acids is 1. The lowest BCUT2D eigenvalue weighted by atomic mass is 9.97. The van der Waals surface area contributed by atoms with E-state index in [-0.39, 0.29) is 17.9 Å². The zero-order valence-corrected chi connectivity index (χ0v) is 13.8. The summed E-state index contributed by atoms with van der Waals surface area (Å²) < 4.78 is 11.0. The Labute approximate surface area is 136 Å².